The Balaban J connectivity index is 2.58. The highest BCUT2D eigenvalue weighted by Crippen LogP contribution is 2.21. The Morgan fingerprint density at radius 1 is 1.05 bits per heavy atom. The smallest absolute Gasteiger partial charge is 0.320 e. The molecule has 9 heteroatoms. The van der Waals surface area contributed by atoms with Crippen molar-refractivity contribution in [1.29, 1.82) is 0 Å². The number of carboxylic acids is 1. The molecule has 9 nitrogen and oxygen atoms in total. The van der Waals surface area contributed by atoms with Crippen LogP contribution in [-0.4, -0.2) is 64.9 Å². The quantitative estimate of drug-likeness (QED) is 0.550. The minimum atomic E-state index is -0.858. The molecule has 0 saturated carbocycles. The second kappa shape index (κ2) is 7.46. The number of aliphatic carboxylic acids is 1. The van der Waals surface area contributed by atoms with Crippen LogP contribution in [0.5, 0.6) is 0 Å². The number of carboxylic acid groups (broad SMARTS) is 1. The molecule has 0 aliphatic carbocycles. The average molecular weight is 300 g/mol. The number of nitrogens with zero attached hydrogens (tertiary/aromatic N) is 2. The van der Waals surface area contributed by atoms with Crippen LogP contribution in [0.15, 0.2) is 0 Å². The fraction of sp³-hybridized carbons (Fsp3) is 0.667. The van der Waals surface area contributed by atoms with Gasteiger partial charge in [-0.3, -0.25) is 14.4 Å². The number of hydrogen-bond donors (Lipinski definition) is 3. The summed E-state index contributed by atoms with van der Waals surface area (Å²) in [7, 11) is 0. The molecule has 1 aliphatic rings. The van der Waals surface area contributed by atoms with Crippen LogP contribution in [0.4, 0.5) is 4.79 Å². The third-order valence-electron chi connectivity index (χ3n) is 3.31. The third kappa shape index (κ3) is 5.67. The number of likely N-dealkylation sites (tertiary alicyclic amines) is 1. The Hall–Kier alpha value is -2.32. The van der Waals surface area contributed by atoms with Crippen LogP contribution >= 0.6 is 0 Å². The Morgan fingerprint density at radius 3 is 1.90 bits per heavy atom. The van der Waals surface area contributed by atoms with E-state index in [0.717, 1.165) is 4.90 Å². The molecule has 0 atom stereocenters. The van der Waals surface area contributed by atoms with Gasteiger partial charge in [-0.25, -0.2) is 4.79 Å². The van der Waals surface area contributed by atoms with Crippen molar-refractivity contribution in [3.63, 3.8) is 0 Å². The van der Waals surface area contributed by atoms with Crippen LogP contribution in [-0.2, 0) is 14.4 Å². The Morgan fingerprint density at radius 2 is 1.52 bits per heavy atom. The van der Waals surface area contributed by atoms with E-state index in [1.54, 1.807) is 0 Å². The lowest BCUT2D eigenvalue weighted by Crippen LogP contribution is -2.51. The van der Waals surface area contributed by atoms with Gasteiger partial charge < -0.3 is 26.4 Å². The largest absolute Gasteiger partial charge is 0.481 e. The van der Waals surface area contributed by atoms with Gasteiger partial charge >= 0.3 is 12.0 Å². The van der Waals surface area contributed by atoms with Crippen LogP contribution < -0.4 is 11.5 Å². The van der Waals surface area contributed by atoms with Crippen molar-refractivity contribution in [2.45, 2.75) is 19.3 Å². The predicted octanol–water partition coefficient (Wildman–Crippen LogP) is -1.43. The van der Waals surface area contributed by atoms with E-state index >= 15 is 0 Å². The minimum Gasteiger partial charge on any atom is -0.481 e. The zero-order chi connectivity index (χ0) is 16.0. The van der Waals surface area contributed by atoms with Crippen LogP contribution in [0.25, 0.3) is 0 Å². The Labute approximate surface area is 121 Å². The van der Waals surface area contributed by atoms with E-state index in [1.807, 2.05) is 0 Å². The highest BCUT2D eigenvalue weighted by atomic mass is 16.4. The molecule has 1 fully saturated rings. The molecule has 0 bridgehead atoms. The van der Waals surface area contributed by atoms with Crippen LogP contribution in [0, 0.1) is 5.92 Å². The maximum atomic E-state index is 12.2. The van der Waals surface area contributed by atoms with Crippen molar-refractivity contribution < 1.29 is 24.3 Å². The van der Waals surface area contributed by atoms with E-state index < -0.39 is 23.8 Å². The van der Waals surface area contributed by atoms with Gasteiger partial charge in [-0.2, -0.15) is 0 Å². The lowest BCUT2D eigenvalue weighted by molar-refractivity contribution is -0.138. The molecular weight excluding hydrogens is 280 g/mol. The van der Waals surface area contributed by atoms with Crippen molar-refractivity contribution in [1.82, 2.24) is 9.80 Å². The van der Waals surface area contributed by atoms with Gasteiger partial charge in [0.25, 0.3) is 0 Å². The van der Waals surface area contributed by atoms with E-state index in [2.05, 4.69) is 0 Å². The second-order valence-electron chi connectivity index (χ2n) is 5.10. The molecule has 0 unspecified atom stereocenters. The normalized spacial score (nSPS) is 15.5. The van der Waals surface area contributed by atoms with Gasteiger partial charge in [-0.05, 0) is 18.8 Å². The first-order chi connectivity index (χ1) is 9.79. The highest BCUT2D eigenvalue weighted by molar-refractivity contribution is 5.87. The van der Waals surface area contributed by atoms with Gasteiger partial charge in [0.2, 0.25) is 11.8 Å². The number of piperidine rings is 1. The fourth-order valence-corrected chi connectivity index (χ4v) is 2.34. The molecule has 0 spiro atoms. The van der Waals surface area contributed by atoms with Crippen LogP contribution in [0.1, 0.15) is 19.3 Å². The lowest BCUT2D eigenvalue weighted by atomic mass is 9.94. The van der Waals surface area contributed by atoms with Crippen LogP contribution in [0.3, 0.4) is 0 Å². The van der Waals surface area contributed by atoms with E-state index in [0.29, 0.717) is 25.9 Å². The second-order valence-corrected chi connectivity index (χ2v) is 5.10. The number of urea groups is 1. The van der Waals surface area contributed by atoms with Gasteiger partial charge in [0.05, 0.1) is 0 Å². The molecule has 1 saturated heterocycles. The van der Waals surface area contributed by atoms with Gasteiger partial charge in [-0.15, -0.1) is 0 Å². The standard InChI is InChI=1S/C12H20N4O5/c13-9(17)6-16(7-10(14)18)12(21)15-3-1-8(2-4-15)5-11(19)20/h8H,1-7H2,(H2,13,17)(H2,14,18)(H,19,20). The van der Waals surface area contributed by atoms with E-state index in [-0.39, 0.29) is 25.4 Å². The number of carbonyl (C=O) groups is 4. The molecule has 0 aromatic rings. The highest BCUT2D eigenvalue weighted by Gasteiger charge is 2.28. The topological polar surface area (TPSA) is 147 Å². The number of primary amides is 2. The summed E-state index contributed by atoms with van der Waals surface area (Å²) in [6.07, 6.45) is 1.21. The van der Waals surface area contributed by atoms with Gasteiger partial charge in [0.1, 0.15) is 13.1 Å². The van der Waals surface area contributed by atoms with Gasteiger partial charge in [0.15, 0.2) is 0 Å². The number of nitrogens with two attached hydrogens (primary N) is 2. The molecule has 1 rings (SSSR count). The van der Waals surface area contributed by atoms with Crippen molar-refractivity contribution in [3.05, 3.63) is 0 Å². The summed E-state index contributed by atoms with van der Waals surface area (Å²) in [5, 5.41) is 8.74. The molecule has 0 aromatic heterocycles. The molecule has 118 valence electrons. The summed E-state index contributed by atoms with van der Waals surface area (Å²) in [6, 6.07) is -0.485. The van der Waals surface area contributed by atoms with Crippen molar-refractivity contribution in [2.24, 2.45) is 17.4 Å². The summed E-state index contributed by atoms with van der Waals surface area (Å²) in [6.45, 7) is 0.00324. The third-order valence-corrected chi connectivity index (χ3v) is 3.31. The van der Waals surface area contributed by atoms with E-state index in [1.165, 1.54) is 4.90 Å². The summed E-state index contributed by atoms with van der Waals surface area (Å²) in [5.41, 5.74) is 10.1. The van der Waals surface area contributed by atoms with Gasteiger partial charge in [0, 0.05) is 19.5 Å². The van der Waals surface area contributed by atoms with E-state index in [4.69, 9.17) is 16.6 Å². The SMILES string of the molecule is NC(=O)CN(CC(N)=O)C(=O)N1CCC(CC(=O)O)CC1. The minimum absolute atomic E-state index is 0.0345. The Kier molecular flexibility index (Phi) is 5.94. The van der Waals surface area contributed by atoms with Crippen molar-refractivity contribution in [3.8, 4) is 0 Å². The molecule has 21 heavy (non-hydrogen) atoms. The molecule has 5 N–H and O–H groups in total. The van der Waals surface area contributed by atoms with Crippen molar-refractivity contribution in [2.75, 3.05) is 26.2 Å². The number of hydrogen-bond acceptors (Lipinski definition) is 4. The fourth-order valence-electron chi connectivity index (χ4n) is 2.34. The van der Waals surface area contributed by atoms with Gasteiger partial charge in [-0.1, -0.05) is 0 Å². The molecule has 0 radical (unpaired) electrons. The number of carbonyl (C=O) groups excluding carboxylic acids is 3. The maximum absolute atomic E-state index is 12.2. The zero-order valence-corrected chi connectivity index (χ0v) is 11.7. The summed E-state index contributed by atoms with van der Waals surface area (Å²) >= 11 is 0. The first-order valence-corrected chi connectivity index (χ1v) is 6.61. The number of rotatable bonds is 6. The summed E-state index contributed by atoms with van der Waals surface area (Å²) < 4.78 is 0. The first kappa shape index (κ1) is 16.7. The Bertz CT molecular complexity index is 415. The molecule has 1 heterocycles. The monoisotopic (exact) mass is 300 g/mol. The van der Waals surface area contributed by atoms with Crippen LogP contribution in [0.2, 0.25) is 0 Å². The lowest BCUT2D eigenvalue weighted by Gasteiger charge is -2.34. The maximum Gasteiger partial charge on any atom is 0.320 e. The predicted molar refractivity (Wildman–Crippen MR) is 71.9 cm³/mol. The number of amides is 4. The summed E-state index contributed by atoms with van der Waals surface area (Å²) in [5.74, 6) is -2.29. The molecular formula is C12H20N4O5. The molecule has 0 aromatic carbocycles. The first-order valence-electron chi connectivity index (χ1n) is 6.61. The molecule has 4 amide bonds. The van der Waals surface area contributed by atoms with E-state index in [9.17, 15) is 19.2 Å². The average Bonchev–Trinajstić information content (AvgIpc) is 2.36. The summed E-state index contributed by atoms with van der Waals surface area (Å²) in [4.78, 5) is 47.2. The molecule has 1 aliphatic heterocycles. The van der Waals surface area contributed by atoms with Crippen molar-refractivity contribution >= 4 is 23.8 Å². The zero-order valence-electron chi connectivity index (χ0n) is 11.7.